The van der Waals surface area contributed by atoms with Crippen molar-refractivity contribution in [3.8, 4) is 0 Å². The summed E-state index contributed by atoms with van der Waals surface area (Å²) in [5, 5.41) is 0. The van der Waals surface area contributed by atoms with E-state index >= 15 is 0 Å². The Labute approximate surface area is 97.4 Å². The van der Waals surface area contributed by atoms with Crippen LogP contribution in [0, 0.1) is 0 Å². The van der Waals surface area contributed by atoms with Crippen LogP contribution < -0.4 is 5.73 Å². The molecular formula is C8H19ClN2O3S. The molecule has 0 radical (unpaired) electrons. The maximum Gasteiger partial charge on any atom is 0.216 e. The lowest BCUT2D eigenvalue weighted by molar-refractivity contribution is 0.162. The molecular weight excluding hydrogens is 240 g/mol. The predicted molar refractivity (Wildman–Crippen MR) is 61.7 cm³/mol. The van der Waals surface area contributed by atoms with E-state index < -0.39 is 10.0 Å². The lowest BCUT2D eigenvalue weighted by Gasteiger charge is -2.15. The fourth-order valence-corrected chi connectivity index (χ4v) is 2.83. The van der Waals surface area contributed by atoms with E-state index in [2.05, 4.69) is 0 Å². The second-order valence-electron chi connectivity index (χ2n) is 3.42. The summed E-state index contributed by atoms with van der Waals surface area (Å²) in [6, 6.07) is -0.00290. The van der Waals surface area contributed by atoms with Crippen LogP contribution in [0.15, 0.2) is 0 Å². The Kier molecular flexibility index (Phi) is 6.70. The van der Waals surface area contributed by atoms with Gasteiger partial charge >= 0.3 is 0 Å². The van der Waals surface area contributed by atoms with Crippen LogP contribution in [0.4, 0.5) is 0 Å². The lowest BCUT2D eigenvalue weighted by Crippen LogP contribution is -2.34. The van der Waals surface area contributed by atoms with Crippen molar-refractivity contribution < 1.29 is 13.2 Å². The van der Waals surface area contributed by atoms with Gasteiger partial charge in [0.2, 0.25) is 10.0 Å². The predicted octanol–water partition coefficient (Wildman–Crippen LogP) is -0.192. The Bertz CT molecular complexity index is 271. The smallest absolute Gasteiger partial charge is 0.216 e. The molecule has 5 nitrogen and oxygen atoms in total. The highest BCUT2D eigenvalue weighted by Gasteiger charge is 2.28. The number of nitrogens with two attached hydrogens (primary N) is 1. The highest BCUT2D eigenvalue weighted by atomic mass is 35.5. The molecule has 15 heavy (non-hydrogen) atoms. The number of ether oxygens (including phenoxy) is 1. The minimum Gasteiger partial charge on any atom is -0.381 e. The standard InChI is InChI=1S/C8H18N2O3S.ClH/c1-2-13-5-6-14(11,12)10-4-3-8(9)7-10;/h8H,2-7,9H2,1H3;1H/t8-;/m1./s1. The Morgan fingerprint density at radius 3 is 2.67 bits per heavy atom. The molecule has 0 aliphatic carbocycles. The average molecular weight is 259 g/mol. The van der Waals surface area contributed by atoms with E-state index in [-0.39, 0.29) is 30.8 Å². The Morgan fingerprint density at radius 1 is 1.53 bits per heavy atom. The van der Waals surface area contributed by atoms with Gasteiger partial charge in [-0.25, -0.2) is 12.7 Å². The molecule has 2 N–H and O–H groups in total. The van der Waals surface area contributed by atoms with Gasteiger partial charge in [-0.1, -0.05) is 0 Å². The molecule has 0 bridgehead atoms. The molecule has 7 heteroatoms. The first-order valence-electron chi connectivity index (χ1n) is 4.87. The van der Waals surface area contributed by atoms with E-state index in [0.717, 1.165) is 6.42 Å². The maximum atomic E-state index is 11.6. The lowest BCUT2D eigenvalue weighted by atomic mass is 10.3. The van der Waals surface area contributed by atoms with Crippen molar-refractivity contribution in [3.05, 3.63) is 0 Å². The summed E-state index contributed by atoms with van der Waals surface area (Å²) >= 11 is 0. The van der Waals surface area contributed by atoms with Crippen molar-refractivity contribution >= 4 is 22.4 Å². The molecule has 0 unspecified atom stereocenters. The van der Waals surface area contributed by atoms with Crippen LogP contribution in [0.25, 0.3) is 0 Å². The van der Waals surface area contributed by atoms with Gasteiger partial charge < -0.3 is 10.5 Å². The molecule has 0 aromatic heterocycles. The number of hydrogen-bond acceptors (Lipinski definition) is 4. The van der Waals surface area contributed by atoms with E-state index in [1.165, 1.54) is 4.31 Å². The highest BCUT2D eigenvalue weighted by Crippen LogP contribution is 2.12. The first-order chi connectivity index (χ1) is 6.56. The zero-order valence-electron chi connectivity index (χ0n) is 8.89. The summed E-state index contributed by atoms with van der Waals surface area (Å²) < 4.78 is 29.8. The van der Waals surface area contributed by atoms with Crippen LogP contribution in [0.3, 0.4) is 0 Å². The highest BCUT2D eigenvalue weighted by molar-refractivity contribution is 7.89. The van der Waals surface area contributed by atoms with E-state index in [1.54, 1.807) is 0 Å². The first-order valence-corrected chi connectivity index (χ1v) is 6.48. The molecule has 0 amide bonds. The summed E-state index contributed by atoms with van der Waals surface area (Å²) in [6.07, 6.45) is 0.758. The molecule has 0 aromatic carbocycles. The molecule has 1 rings (SSSR count). The molecule has 1 heterocycles. The van der Waals surface area contributed by atoms with Gasteiger partial charge in [-0.2, -0.15) is 0 Å². The Balaban J connectivity index is 0.00000196. The maximum absolute atomic E-state index is 11.6. The number of halogens is 1. The van der Waals surface area contributed by atoms with Crippen LogP contribution >= 0.6 is 12.4 Å². The molecule has 0 spiro atoms. The van der Waals surface area contributed by atoms with Gasteiger partial charge in [0.25, 0.3) is 0 Å². The molecule has 1 aliphatic heterocycles. The van der Waals surface area contributed by atoms with Crippen LogP contribution in [0.1, 0.15) is 13.3 Å². The fourth-order valence-electron chi connectivity index (χ4n) is 1.44. The van der Waals surface area contributed by atoms with Crippen molar-refractivity contribution in [1.29, 1.82) is 0 Å². The van der Waals surface area contributed by atoms with E-state index in [4.69, 9.17) is 10.5 Å². The quantitative estimate of drug-likeness (QED) is 0.694. The monoisotopic (exact) mass is 258 g/mol. The SMILES string of the molecule is CCOCCS(=O)(=O)N1CC[C@@H](N)C1.Cl. The third-order valence-corrected chi connectivity index (χ3v) is 4.07. The van der Waals surface area contributed by atoms with Gasteiger partial charge in [-0.05, 0) is 13.3 Å². The number of nitrogens with zero attached hydrogens (tertiary/aromatic N) is 1. The van der Waals surface area contributed by atoms with Gasteiger partial charge in [0.15, 0.2) is 0 Å². The third kappa shape index (κ3) is 4.65. The summed E-state index contributed by atoms with van der Waals surface area (Å²) in [4.78, 5) is 0. The number of sulfonamides is 1. The van der Waals surface area contributed by atoms with Crippen molar-refractivity contribution in [3.63, 3.8) is 0 Å². The topological polar surface area (TPSA) is 72.6 Å². The summed E-state index contributed by atoms with van der Waals surface area (Å²) in [5.41, 5.74) is 5.64. The zero-order valence-corrected chi connectivity index (χ0v) is 10.5. The van der Waals surface area contributed by atoms with Crippen LogP contribution in [0.2, 0.25) is 0 Å². The van der Waals surface area contributed by atoms with E-state index in [0.29, 0.717) is 19.7 Å². The summed E-state index contributed by atoms with van der Waals surface area (Å²) in [6.45, 7) is 3.67. The number of rotatable bonds is 5. The van der Waals surface area contributed by atoms with Gasteiger partial charge in [0.05, 0.1) is 12.4 Å². The van der Waals surface area contributed by atoms with Gasteiger partial charge in [0.1, 0.15) is 0 Å². The zero-order chi connectivity index (χ0) is 10.6. The molecule has 1 saturated heterocycles. The third-order valence-electron chi connectivity index (χ3n) is 2.27. The molecule has 1 fully saturated rings. The van der Waals surface area contributed by atoms with Crippen molar-refractivity contribution in [2.45, 2.75) is 19.4 Å². The molecule has 92 valence electrons. The largest absolute Gasteiger partial charge is 0.381 e. The fraction of sp³-hybridized carbons (Fsp3) is 1.00. The van der Waals surface area contributed by atoms with Crippen molar-refractivity contribution in [2.24, 2.45) is 5.73 Å². The normalized spacial score (nSPS) is 22.7. The Hall–Kier alpha value is 0.120. The van der Waals surface area contributed by atoms with Crippen LogP contribution in [-0.4, -0.2) is 50.8 Å². The van der Waals surface area contributed by atoms with Crippen molar-refractivity contribution in [2.75, 3.05) is 32.1 Å². The van der Waals surface area contributed by atoms with Gasteiger partial charge in [0, 0.05) is 25.7 Å². The molecule has 0 saturated carbocycles. The first kappa shape index (κ1) is 15.1. The summed E-state index contributed by atoms with van der Waals surface area (Å²) in [5.74, 6) is 0.0631. The van der Waals surface area contributed by atoms with Crippen LogP contribution in [-0.2, 0) is 14.8 Å². The summed E-state index contributed by atoms with van der Waals surface area (Å²) in [7, 11) is -3.14. The Morgan fingerprint density at radius 2 is 2.20 bits per heavy atom. The van der Waals surface area contributed by atoms with Gasteiger partial charge in [-0.3, -0.25) is 0 Å². The minimum atomic E-state index is -3.14. The van der Waals surface area contributed by atoms with Crippen molar-refractivity contribution in [1.82, 2.24) is 4.31 Å². The van der Waals surface area contributed by atoms with Crippen LogP contribution in [0.5, 0.6) is 0 Å². The second-order valence-corrected chi connectivity index (χ2v) is 5.51. The van der Waals surface area contributed by atoms with E-state index in [1.807, 2.05) is 6.92 Å². The average Bonchev–Trinajstić information content (AvgIpc) is 2.53. The molecule has 1 atom stereocenters. The van der Waals surface area contributed by atoms with Gasteiger partial charge in [-0.15, -0.1) is 12.4 Å². The molecule has 0 aromatic rings. The molecule has 1 aliphatic rings. The number of hydrogen-bond donors (Lipinski definition) is 1. The van der Waals surface area contributed by atoms with E-state index in [9.17, 15) is 8.42 Å². The minimum absolute atomic E-state index is 0. The second kappa shape index (κ2) is 6.65.